The van der Waals surface area contributed by atoms with Crippen LogP contribution in [0.3, 0.4) is 0 Å². The molecule has 1 aliphatic carbocycles. The topological polar surface area (TPSA) is 70.7 Å². The van der Waals surface area contributed by atoms with Gasteiger partial charge in [-0.15, -0.1) is 0 Å². The van der Waals surface area contributed by atoms with Gasteiger partial charge in [0.25, 0.3) is 0 Å². The van der Waals surface area contributed by atoms with Gasteiger partial charge in [-0.1, -0.05) is 12.8 Å². The molecule has 6 heteroatoms. The number of amides is 1. The number of aromatic nitrogens is 2. The van der Waals surface area contributed by atoms with E-state index < -0.39 is 5.41 Å². The molecule has 130 valence electrons. The fourth-order valence-electron chi connectivity index (χ4n) is 3.47. The van der Waals surface area contributed by atoms with Crippen molar-refractivity contribution in [2.45, 2.75) is 45.6 Å². The van der Waals surface area contributed by atoms with Crippen LogP contribution in [0.25, 0.3) is 5.69 Å². The normalized spacial score (nSPS) is 17.0. The number of hydrogen-bond acceptors (Lipinski definition) is 3. The number of carbonyl (C=O) groups is 1. The van der Waals surface area contributed by atoms with Crippen molar-refractivity contribution in [3.05, 3.63) is 47.5 Å². The Labute approximate surface area is 146 Å². The summed E-state index contributed by atoms with van der Waals surface area (Å²) in [4.78, 5) is 12.6. The first-order chi connectivity index (χ1) is 12.0. The van der Waals surface area contributed by atoms with E-state index in [1.165, 1.54) is 12.1 Å². The van der Waals surface area contributed by atoms with Gasteiger partial charge in [0, 0.05) is 11.3 Å². The molecule has 0 bridgehead atoms. The van der Waals surface area contributed by atoms with Crippen molar-refractivity contribution in [3.63, 3.8) is 0 Å². The molecule has 1 aliphatic rings. The Balaban J connectivity index is 1.79. The van der Waals surface area contributed by atoms with Gasteiger partial charge < -0.3 is 5.32 Å². The molecule has 1 saturated carbocycles. The standard InChI is InChI=1S/C19H21FN4O/c1-13(23-18(25)19(12-21)9-3-4-10-19)17-11-22-24(14(17)2)16-7-5-15(20)6-8-16/h5-8,11,13H,3-4,9-10H2,1-2H3,(H,23,25). The third-order valence-corrected chi connectivity index (χ3v) is 5.04. The van der Waals surface area contributed by atoms with E-state index in [4.69, 9.17) is 0 Å². The molecule has 0 radical (unpaired) electrons. The summed E-state index contributed by atoms with van der Waals surface area (Å²) in [6, 6.07) is 8.05. The minimum absolute atomic E-state index is 0.200. The maximum Gasteiger partial charge on any atom is 0.240 e. The molecule has 25 heavy (non-hydrogen) atoms. The first-order valence-corrected chi connectivity index (χ1v) is 8.49. The molecular weight excluding hydrogens is 319 g/mol. The summed E-state index contributed by atoms with van der Waals surface area (Å²) >= 11 is 0. The number of carbonyl (C=O) groups excluding carboxylic acids is 1. The van der Waals surface area contributed by atoms with Gasteiger partial charge in [-0.05, 0) is 51.0 Å². The monoisotopic (exact) mass is 340 g/mol. The molecule has 0 spiro atoms. The Morgan fingerprint density at radius 3 is 2.60 bits per heavy atom. The SMILES string of the molecule is Cc1c(C(C)NC(=O)C2(C#N)CCCC2)cnn1-c1ccc(F)cc1. The fraction of sp³-hybridized carbons (Fsp3) is 0.421. The fourth-order valence-corrected chi connectivity index (χ4v) is 3.47. The smallest absolute Gasteiger partial charge is 0.240 e. The highest BCUT2D eigenvalue weighted by Gasteiger charge is 2.42. The minimum atomic E-state index is -0.894. The zero-order chi connectivity index (χ0) is 18.0. The predicted molar refractivity (Wildman–Crippen MR) is 91.3 cm³/mol. The van der Waals surface area contributed by atoms with Crippen LogP contribution in [0.2, 0.25) is 0 Å². The quantitative estimate of drug-likeness (QED) is 0.925. The average molecular weight is 340 g/mol. The molecule has 1 amide bonds. The summed E-state index contributed by atoms with van der Waals surface area (Å²) in [5, 5.41) is 16.8. The van der Waals surface area contributed by atoms with Crippen molar-refractivity contribution < 1.29 is 9.18 Å². The molecule has 2 aromatic rings. The molecule has 3 rings (SSSR count). The van der Waals surface area contributed by atoms with Crippen LogP contribution in [0.15, 0.2) is 30.5 Å². The van der Waals surface area contributed by atoms with Crippen molar-refractivity contribution in [1.82, 2.24) is 15.1 Å². The van der Waals surface area contributed by atoms with E-state index in [-0.39, 0.29) is 17.8 Å². The first kappa shape index (κ1) is 17.2. The van der Waals surface area contributed by atoms with Gasteiger partial charge in [0.15, 0.2) is 0 Å². The lowest BCUT2D eigenvalue weighted by Crippen LogP contribution is -2.39. The number of nitriles is 1. The maximum absolute atomic E-state index is 13.1. The zero-order valence-electron chi connectivity index (χ0n) is 14.4. The second-order valence-corrected chi connectivity index (χ2v) is 6.67. The van der Waals surface area contributed by atoms with Crippen molar-refractivity contribution in [3.8, 4) is 11.8 Å². The lowest BCUT2D eigenvalue weighted by atomic mass is 9.86. The first-order valence-electron chi connectivity index (χ1n) is 8.49. The highest BCUT2D eigenvalue weighted by Crippen LogP contribution is 2.38. The van der Waals surface area contributed by atoms with E-state index in [0.717, 1.165) is 29.8 Å². The number of nitrogens with one attached hydrogen (secondary N) is 1. The molecule has 1 aromatic carbocycles. The average Bonchev–Trinajstić information content (AvgIpc) is 3.23. The lowest BCUT2D eigenvalue weighted by molar-refractivity contribution is -0.128. The van der Waals surface area contributed by atoms with Crippen LogP contribution in [0.1, 0.15) is 49.9 Å². The van der Waals surface area contributed by atoms with Crippen molar-refractivity contribution in [2.75, 3.05) is 0 Å². The van der Waals surface area contributed by atoms with Gasteiger partial charge in [-0.3, -0.25) is 4.79 Å². The number of halogens is 1. The van der Waals surface area contributed by atoms with Crippen molar-refractivity contribution in [2.24, 2.45) is 5.41 Å². The molecule has 1 unspecified atom stereocenters. The summed E-state index contributed by atoms with van der Waals surface area (Å²) in [5.41, 5.74) is 1.61. The van der Waals surface area contributed by atoms with Gasteiger partial charge in [0.1, 0.15) is 11.2 Å². The summed E-state index contributed by atoms with van der Waals surface area (Å²) in [6.07, 6.45) is 4.77. The van der Waals surface area contributed by atoms with Crippen LogP contribution >= 0.6 is 0 Å². The molecule has 1 N–H and O–H groups in total. The van der Waals surface area contributed by atoms with Gasteiger partial charge in [-0.2, -0.15) is 10.4 Å². The van der Waals surface area contributed by atoms with Crippen molar-refractivity contribution in [1.29, 1.82) is 5.26 Å². The molecule has 1 atom stereocenters. The summed E-state index contributed by atoms with van der Waals surface area (Å²) in [6.45, 7) is 3.79. The van der Waals surface area contributed by atoms with Crippen LogP contribution in [-0.2, 0) is 4.79 Å². The number of rotatable bonds is 4. The Bertz CT molecular complexity index is 813. The number of nitrogens with zero attached hydrogens (tertiary/aromatic N) is 3. The van der Waals surface area contributed by atoms with E-state index in [0.29, 0.717) is 12.8 Å². The van der Waals surface area contributed by atoms with E-state index in [2.05, 4.69) is 16.5 Å². The van der Waals surface area contributed by atoms with Crippen LogP contribution in [0.4, 0.5) is 4.39 Å². The molecule has 5 nitrogen and oxygen atoms in total. The van der Waals surface area contributed by atoms with Crippen LogP contribution in [-0.4, -0.2) is 15.7 Å². The minimum Gasteiger partial charge on any atom is -0.348 e. The molecule has 1 fully saturated rings. The summed E-state index contributed by atoms with van der Waals surface area (Å²) < 4.78 is 14.8. The van der Waals surface area contributed by atoms with Gasteiger partial charge >= 0.3 is 0 Å². The van der Waals surface area contributed by atoms with Crippen molar-refractivity contribution >= 4 is 5.91 Å². The van der Waals surface area contributed by atoms with Gasteiger partial charge in [-0.25, -0.2) is 9.07 Å². The lowest BCUT2D eigenvalue weighted by Gasteiger charge is -2.22. The summed E-state index contributed by atoms with van der Waals surface area (Å²) in [7, 11) is 0. The summed E-state index contributed by atoms with van der Waals surface area (Å²) in [5.74, 6) is -0.498. The van der Waals surface area contributed by atoms with Crippen LogP contribution < -0.4 is 5.32 Å². The van der Waals surface area contributed by atoms with Crippen LogP contribution in [0.5, 0.6) is 0 Å². The zero-order valence-corrected chi connectivity index (χ0v) is 14.4. The number of benzene rings is 1. The second-order valence-electron chi connectivity index (χ2n) is 6.67. The maximum atomic E-state index is 13.1. The Morgan fingerprint density at radius 1 is 1.36 bits per heavy atom. The number of hydrogen-bond donors (Lipinski definition) is 1. The van der Waals surface area contributed by atoms with Gasteiger partial charge in [0.05, 0.1) is 24.0 Å². The Morgan fingerprint density at radius 2 is 2.00 bits per heavy atom. The Kier molecular flexibility index (Phi) is 4.58. The molecule has 1 aromatic heterocycles. The van der Waals surface area contributed by atoms with E-state index in [9.17, 15) is 14.4 Å². The second kappa shape index (κ2) is 6.67. The van der Waals surface area contributed by atoms with E-state index >= 15 is 0 Å². The molecule has 0 aliphatic heterocycles. The highest BCUT2D eigenvalue weighted by atomic mass is 19.1. The highest BCUT2D eigenvalue weighted by molar-refractivity contribution is 5.86. The molecule has 1 heterocycles. The predicted octanol–water partition coefficient (Wildman–Crippen LogP) is 3.58. The molecular formula is C19H21FN4O. The molecule has 0 saturated heterocycles. The van der Waals surface area contributed by atoms with Gasteiger partial charge in [0.2, 0.25) is 5.91 Å². The third-order valence-electron chi connectivity index (χ3n) is 5.04. The third kappa shape index (κ3) is 3.14. The van der Waals surface area contributed by atoms with E-state index in [1.54, 1.807) is 23.0 Å². The van der Waals surface area contributed by atoms with E-state index in [1.807, 2.05) is 13.8 Å². The Hall–Kier alpha value is -2.68. The van der Waals surface area contributed by atoms with Crippen LogP contribution in [0, 0.1) is 29.5 Å². The largest absolute Gasteiger partial charge is 0.348 e.